The van der Waals surface area contributed by atoms with E-state index in [2.05, 4.69) is 36.8 Å². The molecule has 1 aliphatic heterocycles. The molecule has 0 bridgehead atoms. The summed E-state index contributed by atoms with van der Waals surface area (Å²) in [7, 11) is 0. The van der Waals surface area contributed by atoms with Crippen LogP contribution in [0.4, 0.5) is 0 Å². The summed E-state index contributed by atoms with van der Waals surface area (Å²) in [6.45, 7) is 9.14. The van der Waals surface area contributed by atoms with Crippen LogP contribution in [0, 0.1) is 4.77 Å². The van der Waals surface area contributed by atoms with Crippen LogP contribution in [0.15, 0.2) is 54.9 Å². The third kappa shape index (κ3) is 6.13. The van der Waals surface area contributed by atoms with Gasteiger partial charge in [-0.3, -0.25) is 24.1 Å². The van der Waals surface area contributed by atoms with Gasteiger partial charge < -0.3 is 5.32 Å². The Balaban J connectivity index is 1.47. The fourth-order valence-electron chi connectivity index (χ4n) is 4.01. The maximum atomic E-state index is 12.1. The summed E-state index contributed by atoms with van der Waals surface area (Å²) in [5, 5.41) is 7.86. The zero-order valence-electron chi connectivity index (χ0n) is 19.2. The van der Waals surface area contributed by atoms with Crippen LogP contribution in [-0.2, 0) is 18.0 Å². The summed E-state index contributed by atoms with van der Waals surface area (Å²) < 4.78 is 4.70. The lowest BCUT2D eigenvalue weighted by Crippen LogP contribution is -2.50. The van der Waals surface area contributed by atoms with Crippen LogP contribution in [0.3, 0.4) is 0 Å². The third-order valence-corrected chi connectivity index (χ3v) is 6.09. The average Bonchev–Trinajstić information content (AvgIpc) is 3.11. The molecule has 0 unspecified atom stereocenters. The molecule has 3 aromatic rings. The summed E-state index contributed by atoms with van der Waals surface area (Å²) in [6, 6.07) is 14.4. The van der Waals surface area contributed by atoms with Crippen molar-refractivity contribution >= 4 is 18.1 Å². The van der Waals surface area contributed by atoms with Gasteiger partial charge in [0.2, 0.25) is 5.91 Å². The van der Waals surface area contributed by atoms with Gasteiger partial charge in [-0.1, -0.05) is 30.3 Å². The predicted molar refractivity (Wildman–Crippen MR) is 131 cm³/mol. The second kappa shape index (κ2) is 10.8. The number of piperazine rings is 1. The van der Waals surface area contributed by atoms with Gasteiger partial charge in [0.15, 0.2) is 10.6 Å². The first-order chi connectivity index (χ1) is 16.0. The molecular weight excluding hydrogens is 434 g/mol. The van der Waals surface area contributed by atoms with Gasteiger partial charge in [-0.05, 0) is 43.8 Å². The van der Waals surface area contributed by atoms with E-state index in [0.717, 1.165) is 37.6 Å². The molecule has 2 aromatic heterocycles. The van der Waals surface area contributed by atoms with Crippen molar-refractivity contribution in [3.63, 3.8) is 0 Å². The highest BCUT2D eigenvalue weighted by Gasteiger charge is 2.21. The number of aromatic nitrogens is 4. The number of nitrogens with zero attached hydrogens (tertiary/aromatic N) is 6. The Bertz CT molecular complexity index is 1100. The minimum Gasteiger partial charge on any atom is -0.353 e. The minimum absolute atomic E-state index is 0.0855. The number of hydrogen-bond acceptors (Lipinski definition) is 6. The molecular formula is C24H31N7OS. The maximum absolute atomic E-state index is 12.1. The van der Waals surface area contributed by atoms with Gasteiger partial charge in [-0.15, -0.1) is 0 Å². The second-order valence-electron chi connectivity index (χ2n) is 8.67. The van der Waals surface area contributed by atoms with Crippen LogP contribution in [-0.4, -0.2) is 73.8 Å². The van der Waals surface area contributed by atoms with Gasteiger partial charge in [-0.2, -0.15) is 5.10 Å². The zero-order valence-corrected chi connectivity index (χ0v) is 20.0. The Hall–Kier alpha value is -2.88. The molecule has 3 heterocycles. The molecule has 1 aliphatic rings. The van der Waals surface area contributed by atoms with Gasteiger partial charge in [0.05, 0.1) is 19.8 Å². The largest absolute Gasteiger partial charge is 0.353 e. The van der Waals surface area contributed by atoms with Crippen LogP contribution >= 0.6 is 12.2 Å². The maximum Gasteiger partial charge on any atom is 0.234 e. The van der Waals surface area contributed by atoms with E-state index in [4.69, 9.17) is 17.3 Å². The van der Waals surface area contributed by atoms with Gasteiger partial charge in [0.25, 0.3) is 0 Å². The zero-order chi connectivity index (χ0) is 23.2. The van der Waals surface area contributed by atoms with Crippen LogP contribution in [0.5, 0.6) is 0 Å². The van der Waals surface area contributed by atoms with E-state index in [-0.39, 0.29) is 11.9 Å². The topological polar surface area (TPSA) is 71.2 Å². The SMILES string of the molecule is CC(C)NC(=O)CN1CCN(Cn2nc(-c3ccncc3)n(Cc3ccccc3)c2=S)CC1. The van der Waals surface area contributed by atoms with Crippen molar-refractivity contribution in [1.29, 1.82) is 0 Å². The Morgan fingerprint density at radius 3 is 2.36 bits per heavy atom. The number of carbonyl (C=O) groups is 1. The molecule has 0 spiro atoms. The van der Waals surface area contributed by atoms with E-state index >= 15 is 0 Å². The number of nitrogens with one attached hydrogen (secondary N) is 1. The molecule has 1 fully saturated rings. The molecule has 0 radical (unpaired) electrons. The highest BCUT2D eigenvalue weighted by molar-refractivity contribution is 7.71. The van der Waals surface area contributed by atoms with Crippen molar-refractivity contribution < 1.29 is 4.79 Å². The van der Waals surface area contributed by atoms with E-state index in [1.807, 2.05) is 48.9 Å². The normalized spacial score (nSPS) is 15.1. The van der Waals surface area contributed by atoms with Gasteiger partial charge in [0.1, 0.15) is 0 Å². The van der Waals surface area contributed by atoms with Crippen molar-refractivity contribution in [2.24, 2.45) is 0 Å². The minimum atomic E-state index is 0.0855. The summed E-state index contributed by atoms with van der Waals surface area (Å²) in [5.74, 6) is 0.928. The number of rotatable bonds is 8. The Kier molecular flexibility index (Phi) is 7.64. The molecule has 1 N–H and O–H groups in total. The predicted octanol–water partition coefficient (Wildman–Crippen LogP) is 2.62. The number of pyridine rings is 1. The van der Waals surface area contributed by atoms with Crippen molar-refractivity contribution in [2.75, 3.05) is 32.7 Å². The Morgan fingerprint density at radius 1 is 1.03 bits per heavy atom. The van der Waals surface area contributed by atoms with Crippen LogP contribution in [0.25, 0.3) is 11.4 Å². The molecule has 33 heavy (non-hydrogen) atoms. The fraction of sp³-hybridized carbons (Fsp3) is 0.417. The van der Waals surface area contributed by atoms with Gasteiger partial charge >= 0.3 is 0 Å². The van der Waals surface area contributed by atoms with Crippen LogP contribution < -0.4 is 5.32 Å². The fourth-order valence-corrected chi connectivity index (χ4v) is 4.25. The third-order valence-electron chi connectivity index (χ3n) is 5.66. The smallest absolute Gasteiger partial charge is 0.234 e. The molecule has 0 aliphatic carbocycles. The van der Waals surface area contributed by atoms with E-state index < -0.39 is 0 Å². The average molecular weight is 466 g/mol. The van der Waals surface area contributed by atoms with Gasteiger partial charge in [0, 0.05) is 50.2 Å². The molecule has 1 saturated heterocycles. The van der Waals surface area contributed by atoms with E-state index in [1.54, 1.807) is 12.4 Å². The number of carbonyl (C=O) groups excluding carboxylic acids is 1. The van der Waals surface area contributed by atoms with Crippen molar-refractivity contribution in [3.8, 4) is 11.4 Å². The monoisotopic (exact) mass is 465 g/mol. The molecule has 0 saturated carbocycles. The van der Waals surface area contributed by atoms with Crippen LogP contribution in [0.1, 0.15) is 19.4 Å². The quantitative estimate of drug-likeness (QED) is 0.516. The Labute approximate surface area is 199 Å². The lowest BCUT2D eigenvalue weighted by Gasteiger charge is -2.34. The van der Waals surface area contributed by atoms with Crippen molar-refractivity contribution in [2.45, 2.75) is 33.1 Å². The van der Waals surface area contributed by atoms with Crippen molar-refractivity contribution in [1.82, 2.24) is 34.4 Å². The summed E-state index contributed by atoms with van der Waals surface area (Å²) >= 11 is 5.86. The molecule has 4 rings (SSSR count). The summed E-state index contributed by atoms with van der Waals surface area (Å²) in [4.78, 5) is 20.7. The lowest BCUT2D eigenvalue weighted by atomic mass is 10.2. The van der Waals surface area contributed by atoms with E-state index in [1.165, 1.54) is 5.56 Å². The molecule has 174 valence electrons. The first-order valence-electron chi connectivity index (χ1n) is 11.4. The van der Waals surface area contributed by atoms with E-state index in [9.17, 15) is 4.79 Å². The lowest BCUT2D eigenvalue weighted by molar-refractivity contribution is -0.123. The molecule has 9 heteroatoms. The van der Waals surface area contributed by atoms with Gasteiger partial charge in [-0.25, -0.2) is 4.68 Å². The highest BCUT2D eigenvalue weighted by Crippen LogP contribution is 2.19. The number of amides is 1. The number of benzene rings is 1. The standard InChI is InChI=1S/C24H31N7OS/c1-19(2)26-22(32)17-28-12-14-29(15-13-28)18-31-24(33)30(16-20-6-4-3-5-7-20)23(27-31)21-8-10-25-11-9-21/h3-11,19H,12-18H2,1-2H3,(H,26,32). The molecule has 8 nitrogen and oxygen atoms in total. The summed E-state index contributed by atoms with van der Waals surface area (Å²) in [5.41, 5.74) is 2.17. The molecule has 1 aromatic carbocycles. The van der Waals surface area contributed by atoms with Crippen molar-refractivity contribution in [3.05, 3.63) is 65.2 Å². The van der Waals surface area contributed by atoms with E-state index in [0.29, 0.717) is 24.5 Å². The molecule has 1 amide bonds. The Morgan fingerprint density at radius 2 is 1.70 bits per heavy atom. The first kappa shape index (κ1) is 23.3. The highest BCUT2D eigenvalue weighted by atomic mass is 32.1. The molecule has 0 atom stereocenters. The number of hydrogen-bond donors (Lipinski definition) is 1. The first-order valence-corrected chi connectivity index (χ1v) is 11.8. The summed E-state index contributed by atoms with van der Waals surface area (Å²) in [6.07, 6.45) is 3.55. The second-order valence-corrected chi connectivity index (χ2v) is 9.04. The van der Waals surface area contributed by atoms with Crippen LogP contribution in [0.2, 0.25) is 0 Å².